The van der Waals surface area contributed by atoms with Gasteiger partial charge in [-0.05, 0) is 11.1 Å². The number of ether oxygens (including phenoxy) is 2. The van der Waals surface area contributed by atoms with Gasteiger partial charge in [0, 0.05) is 0 Å². The Morgan fingerprint density at radius 2 is 1.64 bits per heavy atom. The van der Waals surface area contributed by atoms with Gasteiger partial charge in [0.2, 0.25) is 11.8 Å². The quantitative estimate of drug-likeness (QED) is 0.877. The Morgan fingerprint density at radius 3 is 2.32 bits per heavy atom. The van der Waals surface area contributed by atoms with Crippen molar-refractivity contribution in [2.24, 2.45) is 4.99 Å². The van der Waals surface area contributed by atoms with Crippen LogP contribution in [0.4, 0.5) is 0 Å². The molecule has 124 valence electrons. The predicted molar refractivity (Wildman–Crippen MR) is 93.5 cm³/mol. The van der Waals surface area contributed by atoms with Crippen LogP contribution < -0.4 is 5.32 Å². The van der Waals surface area contributed by atoms with Gasteiger partial charge in [0.05, 0.1) is 6.04 Å². The van der Waals surface area contributed by atoms with Crippen LogP contribution in [-0.4, -0.2) is 19.1 Å². The second-order valence-corrected chi connectivity index (χ2v) is 5.91. The minimum absolute atomic E-state index is 0.0199. The molecule has 5 nitrogen and oxygen atoms in total. The highest BCUT2D eigenvalue weighted by Crippen LogP contribution is 2.28. The number of nitrogens with one attached hydrogen (secondary N) is 1. The van der Waals surface area contributed by atoms with Gasteiger partial charge in [0.1, 0.15) is 25.3 Å². The maximum Gasteiger partial charge on any atom is 0.233 e. The van der Waals surface area contributed by atoms with Gasteiger partial charge in [-0.3, -0.25) is 0 Å². The van der Waals surface area contributed by atoms with E-state index < -0.39 is 0 Å². The third kappa shape index (κ3) is 3.07. The number of hydrogen-bond acceptors (Lipinski definition) is 5. The van der Waals surface area contributed by atoms with Crippen LogP contribution in [-0.2, 0) is 9.47 Å². The van der Waals surface area contributed by atoms with Crippen molar-refractivity contribution < 1.29 is 9.47 Å². The van der Waals surface area contributed by atoms with Crippen molar-refractivity contribution in [2.75, 3.05) is 13.2 Å². The van der Waals surface area contributed by atoms with Crippen LogP contribution in [0.15, 0.2) is 77.1 Å². The van der Waals surface area contributed by atoms with Crippen molar-refractivity contribution in [3.05, 3.63) is 83.2 Å². The second kappa shape index (κ2) is 6.70. The highest BCUT2D eigenvalue weighted by atomic mass is 16.5. The molecule has 1 fully saturated rings. The van der Waals surface area contributed by atoms with Crippen LogP contribution in [0.2, 0.25) is 0 Å². The smallest absolute Gasteiger partial charge is 0.233 e. The fourth-order valence-corrected chi connectivity index (χ4v) is 2.97. The molecule has 1 N–H and O–H groups in total. The summed E-state index contributed by atoms with van der Waals surface area (Å²) in [5.41, 5.74) is 2.50. The third-order valence-electron chi connectivity index (χ3n) is 4.29. The number of benzene rings is 2. The fraction of sp³-hybridized carbons (Fsp3) is 0.200. The number of aliphatic imine (C=N–C) groups is 1. The molecule has 2 aromatic rings. The van der Waals surface area contributed by atoms with Crippen LogP contribution in [0.3, 0.4) is 0 Å². The normalized spacial score (nSPS) is 23.7. The fourth-order valence-electron chi connectivity index (χ4n) is 2.97. The maximum atomic E-state index is 9.57. The molecule has 2 aliphatic rings. The summed E-state index contributed by atoms with van der Waals surface area (Å²) in [6, 6.07) is 22.0. The molecule has 25 heavy (non-hydrogen) atoms. The standard InChI is InChI=1S/C20H17N3O2/c21-11-16(19-22-17(12-24-19)14-7-3-1-4-8-14)20-23-18(13-25-20)15-9-5-2-6-10-15/h1-10,17-18,22H,12-13H2/b19-16+/t17-,18+/m1/s1. The van der Waals surface area contributed by atoms with E-state index >= 15 is 0 Å². The molecule has 0 bridgehead atoms. The Kier molecular flexibility index (Phi) is 4.09. The van der Waals surface area contributed by atoms with Gasteiger partial charge >= 0.3 is 0 Å². The van der Waals surface area contributed by atoms with Gasteiger partial charge in [0.25, 0.3) is 0 Å². The monoisotopic (exact) mass is 331 g/mol. The SMILES string of the molecule is N#C/C(C1=N[C@H](c2ccccc2)CO1)=C1/N[C@@H](c2ccccc2)CO1. The van der Waals surface area contributed by atoms with Crippen molar-refractivity contribution in [3.63, 3.8) is 0 Å². The summed E-state index contributed by atoms with van der Waals surface area (Å²) in [5.74, 6) is 0.774. The average Bonchev–Trinajstić information content (AvgIpc) is 3.35. The lowest BCUT2D eigenvalue weighted by Crippen LogP contribution is -2.17. The van der Waals surface area contributed by atoms with Gasteiger partial charge in [-0.2, -0.15) is 5.26 Å². The van der Waals surface area contributed by atoms with E-state index in [2.05, 4.69) is 16.4 Å². The molecule has 0 spiro atoms. The number of rotatable bonds is 3. The first-order valence-corrected chi connectivity index (χ1v) is 8.19. The first-order valence-electron chi connectivity index (χ1n) is 8.19. The van der Waals surface area contributed by atoms with E-state index in [4.69, 9.17) is 9.47 Å². The summed E-state index contributed by atoms with van der Waals surface area (Å²) >= 11 is 0. The zero-order chi connectivity index (χ0) is 17.1. The molecule has 2 aliphatic heterocycles. The molecule has 0 saturated carbocycles. The van der Waals surface area contributed by atoms with Crippen molar-refractivity contribution in [1.29, 1.82) is 5.26 Å². The summed E-state index contributed by atoms with van der Waals surface area (Å²) in [7, 11) is 0. The zero-order valence-corrected chi connectivity index (χ0v) is 13.6. The minimum Gasteiger partial charge on any atom is -0.476 e. The van der Waals surface area contributed by atoms with Gasteiger partial charge in [-0.1, -0.05) is 60.7 Å². The highest BCUT2D eigenvalue weighted by Gasteiger charge is 2.30. The molecule has 0 radical (unpaired) electrons. The zero-order valence-electron chi connectivity index (χ0n) is 13.6. The van der Waals surface area contributed by atoms with E-state index in [0.29, 0.717) is 30.6 Å². The molecule has 0 aromatic heterocycles. The molecule has 1 saturated heterocycles. The summed E-state index contributed by atoms with van der Waals surface area (Å²) in [5, 5.41) is 12.8. The van der Waals surface area contributed by atoms with Gasteiger partial charge in [-0.15, -0.1) is 0 Å². The maximum absolute atomic E-state index is 9.57. The molecule has 2 aromatic carbocycles. The lowest BCUT2D eigenvalue weighted by atomic mass is 10.1. The topological polar surface area (TPSA) is 66.6 Å². The number of nitriles is 1. The van der Waals surface area contributed by atoms with Crippen LogP contribution in [0, 0.1) is 11.3 Å². The molecular weight excluding hydrogens is 314 g/mol. The van der Waals surface area contributed by atoms with E-state index in [1.54, 1.807) is 0 Å². The average molecular weight is 331 g/mol. The number of nitrogens with zero attached hydrogens (tertiary/aromatic N) is 2. The largest absolute Gasteiger partial charge is 0.476 e. The van der Waals surface area contributed by atoms with Crippen LogP contribution in [0.25, 0.3) is 0 Å². The van der Waals surface area contributed by atoms with Crippen molar-refractivity contribution in [3.8, 4) is 6.07 Å². The van der Waals surface area contributed by atoms with E-state index in [-0.39, 0.29) is 12.1 Å². The van der Waals surface area contributed by atoms with E-state index in [0.717, 1.165) is 11.1 Å². The van der Waals surface area contributed by atoms with Gasteiger partial charge < -0.3 is 14.8 Å². The van der Waals surface area contributed by atoms with Crippen molar-refractivity contribution in [1.82, 2.24) is 5.32 Å². The first kappa shape index (κ1) is 15.3. The first-order chi connectivity index (χ1) is 12.3. The summed E-state index contributed by atoms with van der Waals surface area (Å²) in [4.78, 5) is 4.57. The Labute approximate surface area is 146 Å². The molecule has 0 aliphatic carbocycles. The van der Waals surface area contributed by atoms with Gasteiger partial charge in [-0.25, -0.2) is 4.99 Å². The van der Waals surface area contributed by atoms with Crippen molar-refractivity contribution >= 4 is 5.90 Å². The lowest BCUT2D eigenvalue weighted by Gasteiger charge is -2.08. The Bertz CT molecular complexity index is 854. The van der Waals surface area contributed by atoms with Gasteiger partial charge in [0.15, 0.2) is 5.57 Å². The van der Waals surface area contributed by atoms with Crippen LogP contribution in [0.5, 0.6) is 0 Å². The molecule has 2 heterocycles. The highest BCUT2D eigenvalue weighted by molar-refractivity contribution is 5.98. The third-order valence-corrected chi connectivity index (χ3v) is 4.29. The molecule has 4 rings (SSSR count). The summed E-state index contributed by atoms with van der Waals surface area (Å²) in [6.07, 6.45) is 0. The Hall–Kier alpha value is -3.26. The van der Waals surface area contributed by atoms with E-state index in [1.165, 1.54) is 0 Å². The minimum atomic E-state index is -0.0912. The summed E-state index contributed by atoms with van der Waals surface area (Å²) in [6.45, 7) is 0.903. The number of hydrogen-bond donors (Lipinski definition) is 1. The predicted octanol–water partition coefficient (Wildman–Crippen LogP) is 3.25. The van der Waals surface area contributed by atoms with E-state index in [1.807, 2.05) is 60.7 Å². The molecule has 5 heteroatoms. The van der Waals surface area contributed by atoms with Crippen molar-refractivity contribution in [2.45, 2.75) is 12.1 Å². The second-order valence-electron chi connectivity index (χ2n) is 5.91. The lowest BCUT2D eigenvalue weighted by molar-refractivity contribution is 0.251. The molecule has 0 unspecified atom stereocenters. The molecule has 0 amide bonds. The molecule has 2 atom stereocenters. The molecular formula is C20H17N3O2. The summed E-state index contributed by atoms with van der Waals surface area (Å²) < 4.78 is 11.4. The van der Waals surface area contributed by atoms with E-state index in [9.17, 15) is 5.26 Å². The van der Waals surface area contributed by atoms with Crippen LogP contribution in [0.1, 0.15) is 23.2 Å². The Balaban J connectivity index is 1.57. The Morgan fingerprint density at radius 1 is 0.960 bits per heavy atom. The van der Waals surface area contributed by atoms with Crippen LogP contribution >= 0.6 is 0 Å².